The number of aryl methyl sites for hydroxylation is 1. The molecule has 21 heavy (non-hydrogen) atoms. The zero-order valence-electron chi connectivity index (χ0n) is 12.1. The fraction of sp³-hybridized carbons (Fsp3) is 0.143. The second-order valence-corrected chi connectivity index (χ2v) is 6.28. The fourth-order valence-corrected chi connectivity index (χ4v) is 3.90. The number of fused-ring (bicyclic) bond motifs is 4. The first-order valence-corrected chi connectivity index (χ1v) is 7.65. The van der Waals surface area contributed by atoms with E-state index in [1.165, 1.54) is 49.4 Å². The molecule has 0 bridgehead atoms. The Hall–Kier alpha value is -2.34. The zero-order chi connectivity index (χ0) is 14.0. The molecule has 0 saturated heterocycles. The molecule has 0 heteroatoms. The van der Waals surface area contributed by atoms with Gasteiger partial charge in [0.15, 0.2) is 0 Å². The molecule has 4 aliphatic rings. The van der Waals surface area contributed by atoms with Crippen LogP contribution in [0.15, 0.2) is 76.4 Å². The number of benzene rings is 1. The first-order valence-electron chi connectivity index (χ1n) is 7.65. The molecule has 0 aliphatic heterocycles. The van der Waals surface area contributed by atoms with E-state index in [4.69, 9.17) is 0 Å². The molecule has 0 nitrogen and oxygen atoms in total. The summed E-state index contributed by atoms with van der Waals surface area (Å²) < 4.78 is 0. The Kier molecular flexibility index (Phi) is 2.08. The Morgan fingerprint density at radius 2 is 1.86 bits per heavy atom. The molecule has 0 heterocycles. The summed E-state index contributed by atoms with van der Waals surface area (Å²) in [7, 11) is 0. The van der Waals surface area contributed by atoms with Gasteiger partial charge in [-0.1, -0.05) is 42.0 Å². The van der Waals surface area contributed by atoms with Crippen molar-refractivity contribution in [2.24, 2.45) is 0 Å². The molecule has 5 rings (SSSR count). The molecular weight excluding hydrogens is 252 g/mol. The molecule has 1 aromatic rings. The third-order valence-corrected chi connectivity index (χ3v) is 4.91. The Balaban J connectivity index is 1.73. The van der Waals surface area contributed by atoms with Gasteiger partial charge in [0.2, 0.25) is 0 Å². The first-order chi connectivity index (χ1) is 10.3. The molecular formula is C21H16. The maximum Gasteiger partial charge on any atom is -0.000166 e. The third kappa shape index (κ3) is 1.50. The van der Waals surface area contributed by atoms with Crippen molar-refractivity contribution < 1.29 is 0 Å². The van der Waals surface area contributed by atoms with Crippen LogP contribution in [-0.2, 0) is 0 Å². The number of hydrogen-bond donors (Lipinski definition) is 0. The lowest BCUT2D eigenvalue weighted by molar-refractivity contribution is 1.18. The van der Waals surface area contributed by atoms with Crippen LogP contribution in [0.25, 0.3) is 11.6 Å². The number of hydrogen-bond acceptors (Lipinski definition) is 0. The van der Waals surface area contributed by atoms with E-state index in [1.54, 1.807) is 0 Å². The molecule has 0 unspecified atom stereocenters. The van der Waals surface area contributed by atoms with E-state index in [1.807, 2.05) is 0 Å². The molecule has 100 valence electrons. The van der Waals surface area contributed by atoms with Crippen LogP contribution in [0, 0.1) is 6.92 Å². The summed E-state index contributed by atoms with van der Waals surface area (Å²) in [5.41, 5.74) is 10.1. The quantitative estimate of drug-likeness (QED) is 0.676. The highest BCUT2D eigenvalue weighted by molar-refractivity contribution is 5.89. The van der Waals surface area contributed by atoms with E-state index in [0.717, 1.165) is 12.8 Å². The minimum Gasteiger partial charge on any atom is -0.0801 e. The van der Waals surface area contributed by atoms with Crippen molar-refractivity contribution in [1.29, 1.82) is 0 Å². The molecule has 0 radical (unpaired) electrons. The van der Waals surface area contributed by atoms with Gasteiger partial charge in [-0.05, 0) is 81.9 Å². The van der Waals surface area contributed by atoms with Crippen molar-refractivity contribution in [2.45, 2.75) is 19.8 Å². The molecule has 0 aromatic heterocycles. The van der Waals surface area contributed by atoms with E-state index in [-0.39, 0.29) is 0 Å². The van der Waals surface area contributed by atoms with Gasteiger partial charge in [0.05, 0.1) is 0 Å². The highest BCUT2D eigenvalue weighted by Gasteiger charge is 2.27. The van der Waals surface area contributed by atoms with Gasteiger partial charge in [-0.2, -0.15) is 0 Å². The lowest BCUT2D eigenvalue weighted by Gasteiger charge is -2.17. The van der Waals surface area contributed by atoms with Crippen molar-refractivity contribution >= 4 is 11.6 Å². The minimum absolute atomic E-state index is 1.07. The van der Waals surface area contributed by atoms with Gasteiger partial charge in [0, 0.05) is 0 Å². The molecule has 0 fully saturated rings. The maximum absolute atomic E-state index is 2.38. The predicted molar refractivity (Wildman–Crippen MR) is 88.0 cm³/mol. The molecule has 0 N–H and O–H groups in total. The highest BCUT2D eigenvalue weighted by Crippen LogP contribution is 2.43. The predicted octanol–water partition coefficient (Wildman–Crippen LogP) is 3.39. The van der Waals surface area contributed by atoms with Gasteiger partial charge in [-0.25, -0.2) is 0 Å². The number of allylic oxidation sites excluding steroid dienone is 10. The van der Waals surface area contributed by atoms with E-state index in [9.17, 15) is 0 Å². The summed E-state index contributed by atoms with van der Waals surface area (Å²) >= 11 is 0. The van der Waals surface area contributed by atoms with Crippen LogP contribution in [0.4, 0.5) is 0 Å². The summed E-state index contributed by atoms with van der Waals surface area (Å²) in [5, 5.41) is 2.82. The van der Waals surface area contributed by atoms with Crippen LogP contribution < -0.4 is 10.4 Å². The van der Waals surface area contributed by atoms with Crippen molar-refractivity contribution in [3.8, 4) is 0 Å². The highest BCUT2D eigenvalue weighted by atomic mass is 14.3. The van der Waals surface area contributed by atoms with Crippen molar-refractivity contribution in [3.05, 3.63) is 92.4 Å². The average molecular weight is 268 g/mol. The molecule has 0 spiro atoms. The monoisotopic (exact) mass is 268 g/mol. The average Bonchev–Trinajstić information content (AvgIpc) is 3.01. The molecule has 1 aromatic carbocycles. The summed E-state index contributed by atoms with van der Waals surface area (Å²) in [6, 6.07) is 6.82. The normalized spacial score (nSPS) is 21.0. The SMILES string of the molecule is Cc1ccc2c(c1)=CC1=CC3=C(CC=21)C1=CCC=CC1=C3. The van der Waals surface area contributed by atoms with Gasteiger partial charge < -0.3 is 0 Å². The van der Waals surface area contributed by atoms with E-state index >= 15 is 0 Å². The van der Waals surface area contributed by atoms with Crippen LogP contribution in [0.2, 0.25) is 0 Å². The van der Waals surface area contributed by atoms with Gasteiger partial charge >= 0.3 is 0 Å². The number of rotatable bonds is 0. The van der Waals surface area contributed by atoms with E-state index in [2.05, 4.69) is 61.6 Å². The van der Waals surface area contributed by atoms with Crippen LogP contribution in [0.3, 0.4) is 0 Å². The largest absolute Gasteiger partial charge is 0.0801 e. The lowest BCUT2D eigenvalue weighted by atomic mass is 9.86. The Morgan fingerprint density at radius 3 is 2.81 bits per heavy atom. The van der Waals surface area contributed by atoms with Crippen LogP contribution in [0.1, 0.15) is 18.4 Å². The Morgan fingerprint density at radius 1 is 0.952 bits per heavy atom. The van der Waals surface area contributed by atoms with Gasteiger partial charge in [0.1, 0.15) is 0 Å². The molecule has 4 aliphatic carbocycles. The fourth-order valence-electron chi connectivity index (χ4n) is 3.90. The van der Waals surface area contributed by atoms with Crippen molar-refractivity contribution in [1.82, 2.24) is 0 Å². The standard InChI is InChI=1S/C21H16/c1-13-6-7-19-15(8-13)10-17-11-16-9-14-4-2-3-5-18(14)20(16)12-21(17)19/h2,4-11H,3,12H2,1H3. The second kappa shape index (κ2) is 3.85. The summed E-state index contributed by atoms with van der Waals surface area (Å²) in [6.07, 6.45) is 16.1. The zero-order valence-corrected chi connectivity index (χ0v) is 12.1. The first kappa shape index (κ1) is 11.3. The molecule has 0 atom stereocenters. The van der Waals surface area contributed by atoms with Crippen LogP contribution in [-0.4, -0.2) is 0 Å². The van der Waals surface area contributed by atoms with Crippen molar-refractivity contribution in [2.75, 3.05) is 0 Å². The maximum atomic E-state index is 2.38. The van der Waals surface area contributed by atoms with Gasteiger partial charge in [-0.15, -0.1) is 0 Å². The van der Waals surface area contributed by atoms with E-state index in [0.29, 0.717) is 0 Å². The third-order valence-electron chi connectivity index (χ3n) is 4.91. The minimum atomic E-state index is 1.07. The molecule has 0 amide bonds. The Bertz CT molecular complexity index is 969. The van der Waals surface area contributed by atoms with Gasteiger partial charge in [0.25, 0.3) is 0 Å². The van der Waals surface area contributed by atoms with E-state index < -0.39 is 0 Å². The van der Waals surface area contributed by atoms with Crippen molar-refractivity contribution in [3.63, 3.8) is 0 Å². The van der Waals surface area contributed by atoms with Crippen LogP contribution in [0.5, 0.6) is 0 Å². The smallest absolute Gasteiger partial charge is 0.000166 e. The van der Waals surface area contributed by atoms with Gasteiger partial charge in [-0.3, -0.25) is 0 Å². The summed E-state index contributed by atoms with van der Waals surface area (Å²) in [4.78, 5) is 0. The molecule has 0 saturated carbocycles. The summed E-state index contributed by atoms with van der Waals surface area (Å²) in [6.45, 7) is 2.17. The lowest BCUT2D eigenvalue weighted by Crippen LogP contribution is -2.23. The topological polar surface area (TPSA) is 0 Å². The second-order valence-electron chi connectivity index (χ2n) is 6.28. The Labute approximate surface area is 124 Å². The summed E-state index contributed by atoms with van der Waals surface area (Å²) in [5.74, 6) is 0. The van der Waals surface area contributed by atoms with Crippen LogP contribution >= 0.6 is 0 Å².